The summed E-state index contributed by atoms with van der Waals surface area (Å²) < 4.78 is 2.01. The summed E-state index contributed by atoms with van der Waals surface area (Å²) in [5, 5.41) is 9.21. The molecule has 0 saturated carbocycles. The summed E-state index contributed by atoms with van der Waals surface area (Å²) in [5.74, 6) is 4.32. The van der Waals surface area contributed by atoms with Crippen LogP contribution in [0.2, 0.25) is 0 Å². The average molecular weight is 348 g/mol. The Morgan fingerprint density at radius 2 is 2.09 bits per heavy atom. The fourth-order valence-electron chi connectivity index (χ4n) is 2.78. The molecule has 124 valence electrons. The first kappa shape index (κ1) is 16.9. The molecule has 0 amide bonds. The molecule has 1 aliphatic heterocycles. The lowest BCUT2D eigenvalue weighted by Gasteiger charge is -2.21. The third kappa shape index (κ3) is 4.55. The van der Waals surface area contributed by atoms with Crippen molar-refractivity contribution in [3.05, 3.63) is 47.8 Å². The molecule has 3 rings (SSSR count). The van der Waals surface area contributed by atoms with Crippen molar-refractivity contribution in [1.82, 2.24) is 15.1 Å². The van der Waals surface area contributed by atoms with Crippen LogP contribution in [0.3, 0.4) is 0 Å². The molecule has 2 heterocycles. The van der Waals surface area contributed by atoms with Gasteiger partial charge in [-0.1, -0.05) is 32.0 Å². The highest BCUT2D eigenvalue weighted by Crippen LogP contribution is 2.24. The fourth-order valence-corrected chi connectivity index (χ4v) is 5.43. The molecule has 1 saturated heterocycles. The van der Waals surface area contributed by atoms with Crippen LogP contribution in [0.5, 0.6) is 0 Å². The number of nitrogens with one attached hydrogen (secondary N) is 1. The van der Waals surface area contributed by atoms with Gasteiger partial charge in [-0.3, -0.25) is 0 Å². The summed E-state index contributed by atoms with van der Waals surface area (Å²) in [4.78, 5) is 0. The number of rotatable bonds is 6. The highest BCUT2D eigenvalue weighted by Gasteiger charge is 2.16. The SMILES string of the molecule is CC(C)c1nn(-c2ccccc2)cc1CNC[C@H]1CSCCS1. The summed E-state index contributed by atoms with van der Waals surface area (Å²) in [6.45, 7) is 6.43. The topological polar surface area (TPSA) is 29.9 Å². The minimum atomic E-state index is 0.441. The number of nitrogens with zero attached hydrogens (tertiary/aromatic N) is 2. The summed E-state index contributed by atoms with van der Waals surface area (Å²) in [6, 6.07) is 10.4. The van der Waals surface area contributed by atoms with E-state index in [1.807, 2.05) is 10.7 Å². The van der Waals surface area contributed by atoms with E-state index in [9.17, 15) is 0 Å². The maximum Gasteiger partial charge on any atom is 0.0699 e. The van der Waals surface area contributed by atoms with E-state index < -0.39 is 0 Å². The Morgan fingerprint density at radius 1 is 1.26 bits per heavy atom. The van der Waals surface area contributed by atoms with Gasteiger partial charge in [0.05, 0.1) is 11.4 Å². The van der Waals surface area contributed by atoms with E-state index in [2.05, 4.69) is 73.2 Å². The van der Waals surface area contributed by atoms with E-state index >= 15 is 0 Å². The minimum absolute atomic E-state index is 0.441. The maximum absolute atomic E-state index is 4.81. The molecular formula is C18H25N3S2. The summed E-state index contributed by atoms with van der Waals surface area (Å²) in [6.07, 6.45) is 2.18. The van der Waals surface area contributed by atoms with Gasteiger partial charge in [0.2, 0.25) is 0 Å². The molecular weight excluding hydrogens is 322 g/mol. The molecule has 1 aromatic carbocycles. The molecule has 0 aliphatic carbocycles. The minimum Gasteiger partial charge on any atom is -0.311 e. The molecule has 1 aliphatic rings. The molecule has 1 atom stereocenters. The van der Waals surface area contributed by atoms with Gasteiger partial charge in [0.25, 0.3) is 0 Å². The van der Waals surface area contributed by atoms with Crippen molar-refractivity contribution in [2.24, 2.45) is 0 Å². The van der Waals surface area contributed by atoms with Crippen LogP contribution in [0.15, 0.2) is 36.5 Å². The Morgan fingerprint density at radius 3 is 2.78 bits per heavy atom. The van der Waals surface area contributed by atoms with Crippen LogP contribution < -0.4 is 5.32 Å². The van der Waals surface area contributed by atoms with Crippen molar-refractivity contribution in [3.63, 3.8) is 0 Å². The van der Waals surface area contributed by atoms with E-state index in [-0.39, 0.29) is 0 Å². The van der Waals surface area contributed by atoms with Crippen LogP contribution >= 0.6 is 23.5 Å². The smallest absolute Gasteiger partial charge is 0.0699 e. The number of thioether (sulfide) groups is 2. The van der Waals surface area contributed by atoms with Crippen LogP contribution in [0.25, 0.3) is 5.69 Å². The van der Waals surface area contributed by atoms with Crippen LogP contribution in [-0.2, 0) is 6.54 Å². The number of para-hydroxylation sites is 1. The van der Waals surface area contributed by atoms with Gasteiger partial charge in [-0.05, 0) is 18.1 Å². The number of hydrogen-bond acceptors (Lipinski definition) is 4. The highest BCUT2D eigenvalue weighted by atomic mass is 32.2. The van der Waals surface area contributed by atoms with E-state index in [0.29, 0.717) is 5.92 Å². The lowest BCUT2D eigenvalue weighted by atomic mass is 10.1. The quantitative estimate of drug-likeness (QED) is 0.857. The lowest BCUT2D eigenvalue weighted by Crippen LogP contribution is -2.28. The maximum atomic E-state index is 4.81. The molecule has 0 unspecified atom stereocenters. The Labute approximate surface area is 147 Å². The Hall–Kier alpha value is -0.910. The van der Waals surface area contributed by atoms with Gasteiger partial charge in [0.1, 0.15) is 0 Å². The van der Waals surface area contributed by atoms with E-state index in [0.717, 1.165) is 24.0 Å². The van der Waals surface area contributed by atoms with Gasteiger partial charge in [-0.25, -0.2) is 4.68 Å². The molecule has 1 aromatic heterocycles. The largest absolute Gasteiger partial charge is 0.311 e. The van der Waals surface area contributed by atoms with E-state index in [1.165, 1.54) is 28.5 Å². The first-order valence-electron chi connectivity index (χ1n) is 8.28. The molecule has 0 bridgehead atoms. The molecule has 3 nitrogen and oxygen atoms in total. The lowest BCUT2D eigenvalue weighted by molar-refractivity contribution is 0.674. The van der Waals surface area contributed by atoms with E-state index in [1.54, 1.807) is 0 Å². The molecule has 0 spiro atoms. The number of hydrogen-bond donors (Lipinski definition) is 1. The Bertz CT molecular complexity index is 604. The number of benzene rings is 1. The van der Waals surface area contributed by atoms with Crippen LogP contribution in [0, 0.1) is 0 Å². The van der Waals surface area contributed by atoms with Crippen LogP contribution in [-0.4, -0.2) is 38.8 Å². The van der Waals surface area contributed by atoms with Crippen molar-refractivity contribution in [2.75, 3.05) is 23.8 Å². The van der Waals surface area contributed by atoms with Gasteiger partial charge in [-0.2, -0.15) is 28.6 Å². The van der Waals surface area contributed by atoms with Crippen molar-refractivity contribution in [1.29, 1.82) is 0 Å². The molecule has 2 aromatic rings. The summed E-state index contributed by atoms with van der Waals surface area (Å²) >= 11 is 4.19. The van der Waals surface area contributed by atoms with Crippen molar-refractivity contribution >= 4 is 23.5 Å². The zero-order chi connectivity index (χ0) is 16.1. The number of aromatic nitrogens is 2. The van der Waals surface area contributed by atoms with Crippen molar-refractivity contribution in [2.45, 2.75) is 31.6 Å². The Balaban J connectivity index is 1.66. The van der Waals surface area contributed by atoms with E-state index in [4.69, 9.17) is 5.10 Å². The predicted molar refractivity (Wildman–Crippen MR) is 103 cm³/mol. The zero-order valence-corrected chi connectivity index (χ0v) is 15.5. The monoisotopic (exact) mass is 347 g/mol. The summed E-state index contributed by atoms with van der Waals surface area (Å²) in [7, 11) is 0. The molecule has 1 N–H and O–H groups in total. The van der Waals surface area contributed by atoms with Gasteiger partial charge < -0.3 is 5.32 Å². The second kappa shape index (κ2) is 8.27. The third-order valence-corrected chi connectivity index (χ3v) is 6.81. The van der Waals surface area contributed by atoms with Crippen molar-refractivity contribution in [3.8, 4) is 5.69 Å². The normalized spacial score (nSPS) is 18.5. The molecule has 0 radical (unpaired) electrons. The van der Waals surface area contributed by atoms with Crippen LogP contribution in [0.4, 0.5) is 0 Å². The zero-order valence-electron chi connectivity index (χ0n) is 13.9. The first-order chi connectivity index (χ1) is 11.2. The first-order valence-corrected chi connectivity index (χ1v) is 10.5. The highest BCUT2D eigenvalue weighted by molar-refractivity contribution is 8.06. The van der Waals surface area contributed by atoms with Gasteiger partial charge in [-0.15, -0.1) is 0 Å². The molecule has 23 heavy (non-hydrogen) atoms. The van der Waals surface area contributed by atoms with Gasteiger partial charge in [0, 0.05) is 47.4 Å². The van der Waals surface area contributed by atoms with Crippen LogP contribution in [0.1, 0.15) is 31.0 Å². The van der Waals surface area contributed by atoms with Gasteiger partial charge in [0.15, 0.2) is 0 Å². The fraction of sp³-hybridized carbons (Fsp3) is 0.500. The van der Waals surface area contributed by atoms with Gasteiger partial charge >= 0.3 is 0 Å². The standard InChI is InChI=1S/C18H25N3S2/c1-14(2)18-15(10-19-11-17-13-22-8-9-23-17)12-21(20-18)16-6-4-3-5-7-16/h3-7,12,14,17,19H,8-11,13H2,1-2H3/t17-/m0/s1. The molecule has 5 heteroatoms. The molecule has 1 fully saturated rings. The Kier molecular flexibility index (Phi) is 6.08. The third-order valence-electron chi connectivity index (χ3n) is 3.96. The second-order valence-corrected chi connectivity index (χ2v) is 8.73. The van der Waals surface area contributed by atoms with Crippen molar-refractivity contribution < 1.29 is 0 Å². The summed E-state index contributed by atoms with van der Waals surface area (Å²) in [5.41, 5.74) is 3.64. The predicted octanol–water partition coefficient (Wildman–Crippen LogP) is 3.93. The average Bonchev–Trinajstić information content (AvgIpc) is 3.01. The second-order valence-electron chi connectivity index (χ2n) is 6.17.